The lowest BCUT2D eigenvalue weighted by Gasteiger charge is -2.13. The first-order valence-corrected chi connectivity index (χ1v) is 7.56. The van der Waals surface area contributed by atoms with E-state index < -0.39 is 11.7 Å². The van der Waals surface area contributed by atoms with Crippen LogP contribution in [0, 0.1) is 12.7 Å². The number of hydrogen-bond acceptors (Lipinski definition) is 5. The van der Waals surface area contributed by atoms with Crippen molar-refractivity contribution < 1.29 is 13.9 Å². The Hall–Kier alpha value is -3.00. The Kier molecular flexibility index (Phi) is 4.62. The molecule has 0 radical (unpaired) electrons. The first-order valence-electron chi connectivity index (χ1n) is 7.18. The number of tetrazole rings is 1. The largest absolute Gasteiger partial charge is 0.496 e. The molecule has 25 heavy (non-hydrogen) atoms. The summed E-state index contributed by atoms with van der Waals surface area (Å²) in [7, 11) is 1.43. The molecule has 1 heterocycles. The number of rotatable bonds is 4. The van der Waals surface area contributed by atoms with Gasteiger partial charge < -0.3 is 10.1 Å². The number of nitrogens with one attached hydrogen (secondary N) is 1. The lowest BCUT2D eigenvalue weighted by Crippen LogP contribution is -2.15. The smallest absolute Gasteiger partial charge is 0.259 e. The quantitative estimate of drug-likeness (QED) is 0.772. The molecule has 128 valence electrons. The van der Waals surface area contributed by atoms with E-state index in [0.29, 0.717) is 11.4 Å². The van der Waals surface area contributed by atoms with Crippen LogP contribution < -0.4 is 10.1 Å². The molecule has 0 aliphatic heterocycles. The Morgan fingerprint density at radius 1 is 1.32 bits per heavy atom. The fraction of sp³-hybridized carbons (Fsp3) is 0.125. The van der Waals surface area contributed by atoms with E-state index in [1.807, 2.05) is 0 Å². The summed E-state index contributed by atoms with van der Waals surface area (Å²) < 4.78 is 20.0. The molecule has 0 unspecified atom stereocenters. The standard InChI is InChI=1S/C16H13ClFN5O2/c1-9-3-4-10(18)5-13(9)20-16(24)11-6-12(17)14(7-15(11)25-2)23-8-19-21-22-23/h3-8H,1-2H3,(H,20,24). The number of halogens is 2. The third-order valence-electron chi connectivity index (χ3n) is 3.56. The Balaban J connectivity index is 1.97. The Morgan fingerprint density at radius 2 is 2.12 bits per heavy atom. The number of methoxy groups -OCH3 is 1. The van der Waals surface area contributed by atoms with Crippen LogP contribution in [0.1, 0.15) is 15.9 Å². The van der Waals surface area contributed by atoms with E-state index in [1.54, 1.807) is 19.1 Å². The van der Waals surface area contributed by atoms with Crippen LogP contribution in [0.4, 0.5) is 10.1 Å². The molecule has 2 aromatic carbocycles. The molecule has 0 aliphatic carbocycles. The van der Waals surface area contributed by atoms with Crippen LogP contribution in [0.2, 0.25) is 5.02 Å². The molecule has 0 atom stereocenters. The first kappa shape index (κ1) is 16.8. The molecule has 0 saturated carbocycles. The minimum absolute atomic E-state index is 0.202. The summed E-state index contributed by atoms with van der Waals surface area (Å²) in [6.07, 6.45) is 1.37. The predicted octanol–water partition coefficient (Wildman–Crippen LogP) is 3.02. The summed E-state index contributed by atoms with van der Waals surface area (Å²) in [5.41, 5.74) is 1.76. The van der Waals surface area contributed by atoms with Gasteiger partial charge in [-0.05, 0) is 41.1 Å². The van der Waals surface area contributed by atoms with Crippen molar-refractivity contribution in [1.82, 2.24) is 20.2 Å². The molecule has 0 bridgehead atoms. The lowest BCUT2D eigenvalue weighted by molar-refractivity contribution is 0.102. The van der Waals surface area contributed by atoms with Gasteiger partial charge in [-0.2, -0.15) is 4.68 Å². The van der Waals surface area contributed by atoms with Crippen molar-refractivity contribution in [1.29, 1.82) is 0 Å². The van der Waals surface area contributed by atoms with Crippen molar-refractivity contribution in [2.75, 3.05) is 12.4 Å². The van der Waals surface area contributed by atoms with Gasteiger partial charge in [0, 0.05) is 11.8 Å². The Labute approximate surface area is 147 Å². The van der Waals surface area contributed by atoms with Crippen molar-refractivity contribution in [2.45, 2.75) is 6.92 Å². The minimum Gasteiger partial charge on any atom is -0.496 e. The van der Waals surface area contributed by atoms with Gasteiger partial charge in [0.25, 0.3) is 5.91 Å². The molecule has 1 N–H and O–H groups in total. The molecule has 1 aromatic heterocycles. The maximum Gasteiger partial charge on any atom is 0.259 e. The fourth-order valence-corrected chi connectivity index (χ4v) is 2.51. The average Bonchev–Trinajstić information content (AvgIpc) is 3.12. The summed E-state index contributed by atoms with van der Waals surface area (Å²) in [4.78, 5) is 12.6. The van der Waals surface area contributed by atoms with Crippen LogP contribution in [0.3, 0.4) is 0 Å². The second kappa shape index (κ2) is 6.86. The normalized spacial score (nSPS) is 10.6. The third-order valence-corrected chi connectivity index (χ3v) is 3.86. The predicted molar refractivity (Wildman–Crippen MR) is 89.8 cm³/mol. The highest BCUT2D eigenvalue weighted by molar-refractivity contribution is 6.33. The zero-order valence-corrected chi connectivity index (χ0v) is 14.1. The molecule has 9 heteroatoms. The molecular weight excluding hydrogens is 349 g/mol. The number of ether oxygens (including phenoxy) is 1. The third kappa shape index (κ3) is 3.43. The Bertz CT molecular complexity index is 931. The topological polar surface area (TPSA) is 81.9 Å². The number of carbonyl (C=O) groups excluding carboxylic acids is 1. The molecule has 0 aliphatic rings. The molecule has 3 aromatic rings. The number of amides is 1. The van der Waals surface area contributed by atoms with E-state index in [1.165, 1.54) is 36.3 Å². The summed E-state index contributed by atoms with van der Waals surface area (Å²) >= 11 is 6.24. The van der Waals surface area contributed by atoms with Crippen LogP contribution in [-0.2, 0) is 0 Å². The van der Waals surface area contributed by atoms with Gasteiger partial charge in [0.2, 0.25) is 0 Å². The fourth-order valence-electron chi connectivity index (χ4n) is 2.25. The second-order valence-electron chi connectivity index (χ2n) is 5.17. The van der Waals surface area contributed by atoms with E-state index in [0.717, 1.165) is 5.56 Å². The summed E-state index contributed by atoms with van der Waals surface area (Å²) in [5.74, 6) is -0.642. The summed E-state index contributed by atoms with van der Waals surface area (Å²) in [5, 5.41) is 13.8. The van der Waals surface area contributed by atoms with Crippen LogP contribution in [0.5, 0.6) is 5.75 Å². The highest BCUT2D eigenvalue weighted by atomic mass is 35.5. The SMILES string of the molecule is COc1cc(-n2cnnn2)c(Cl)cc1C(=O)Nc1cc(F)ccc1C. The molecule has 7 nitrogen and oxygen atoms in total. The van der Waals surface area contributed by atoms with Crippen molar-refractivity contribution in [2.24, 2.45) is 0 Å². The highest BCUT2D eigenvalue weighted by Gasteiger charge is 2.18. The van der Waals surface area contributed by atoms with Gasteiger partial charge in [0.15, 0.2) is 0 Å². The van der Waals surface area contributed by atoms with Gasteiger partial charge in [-0.1, -0.05) is 17.7 Å². The van der Waals surface area contributed by atoms with Crippen molar-refractivity contribution in [3.8, 4) is 11.4 Å². The van der Waals surface area contributed by atoms with Gasteiger partial charge in [0.1, 0.15) is 17.9 Å². The number of benzene rings is 2. The van der Waals surface area contributed by atoms with Gasteiger partial charge in [-0.25, -0.2) is 4.39 Å². The van der Waals surface area contributed by atoms with Crippen molar-refractivity contribution >= 4 is 23.2 Å². The monoisotopic (exact) mass is 361 g/mol. The maximum atomic E-state index is 13.4. The first-order chi connectivity index (χ1) is 12.0. The van der Waals surface area contributed by atoms with E-state index in [-0.39, 0.29) is 16.3 Å². The number of anilines is 1. The molecular formula is C16H13ClFN5O2. The van der Waals surface area contributed by atoms with E-state index >= 15 is 0 Å². The van der Waals surface area contributed by atoms with Crippen LogP contribution in [0.15, 0.2) is 36.7 Å². The number of aryl methyl sites for hydroxylation is 1. The molecule has 0 spiro atoms. The van der Waals surface area contributed by atoms with Crippen molar-refractivity contribution in [3.63, 3.8) is 0 Å². The number of nitrogens with zero attached hydrogens (tertiary/aromatic N) is 4. The molecule has 0 fully saturated rings. The van der Waals surface area contributed by atoms with Crippen LogP contribution in [0.25, 0.3) is 5.69 Å². The second-order valence-corrected chi connectivity index (χ2v) is 5.58. The van der Waals surface area contributed by atoms with Crippen LogP contribution in [-0.4, -0.2) is 33.2 Å². The van der Waals surface area contributed by atoms with Gasteiger partial charge in [-0.15, -0.1) is 5.10 Å². The van der Waals surface area contributed by atoms with E-state index in [2.05, 4.69) is 20.8 Å². The summed E-state index contributed by atoms with van der Waals surface area (Å²) in [6.45, 7) is 1.76. The van der Waals surface area contributed by atoms with Crippen LogP contribution >= 0.6 is 11.6 Å². The number of carbonyl (C=O) groups is 1. The van der Waals surface area contributed by atoms with Gasteiger partial charge >= 0.3 is 0 Å². The molecule has 3 rings (SSSR count). The van der Waals surface area contributed by atoms with E-state index in [4.69, 9.17) is 16.3 Å². The maximum absolute atomic E-state index is 13.4. The molecule has 0 saturated heterocycles. The Morgan fingerprint density at radius 3 is 2.80 bits per heavy atom. The average molecular weight is 362 g/mol. The van der Waals surface area contributed by atoms with E-state index in [9.17, 15) is 9.18 Å². The zero-order chi connectivity index (χ0) is 18.0. The number of aromatic nitrogens is 4. The lowest BCUT2D eigenvalue weighted by atomic mass is 10.1. The van der Waals surface area contributed by atoms with Gasteiger partial charge in [0.05, 0.1) is 23.4 Å². The molecule has 1 amide bonds. The minimum atomic E-state index is -0.476. The highest BCUT2D eigenvalue weighted by Crippen LogP contribution is 2.30. The zero-order valence-electron chi connectivity index (χ0n) is 13.3. The summed E-state index contributed by atoms with van der Waals surface area (Å²) in [6, 6.07) is 7.14. The van der Waals surface area contributed by atoms with Gasteiger partial charge in [-0.3, -0.25) is 4.79 Å². The number of hydrogen-bond donors (Lipinski definition) is 1. The van der Waals surface area contributed by atoms with Crippen molar-refractivity contribution in [3.05, 3.63) is 58.6 Å².